The Kier molecular flexibility index (Phi) is 4.58. The van der Waals surface area contributed by atoms with Crippen LogP contribution in [0.2, 0.25) is 0 Å². The molecule has 2 atom stereocenters. The summed E-state index contributed by atoms with van der Waals surface area (Å²) in [5.74, 6) is 0.492. The molecule has 7 nitrogen and oxygen atoms in total. The van der Waals surface area contributed by atoms with E-state index >= 15 is 0 Å². The molecule has 0 aliphatic carbocycles. The molecule has 3 aliphatic heterocycles. The van der Waals surface area contributed by atoms with Crippen molar-refractivity contribution >= 4 is 23.6 Å². The average molecular weight is 430 g/mol. The van der Waals surface area contributed by atoms with E-state index in [1.54, 1.807) is 11.9 Å². The molecule has 7 heteroatoms. The second-order valence-electron chi connectivity index (χ2n) is 8.76. The first-order valence-corrected chi connectivity index (χ1v) is 10.8. The number of anilines is 1. The molecular weight excluding hydrogens is 402 g/mol. The van der Waals surface area contributed by atoms with Crippen molar-refractivity contribution in [1.82, 2.24) is 14.7 Å². The topological polar surface area (TPSA) is 59.5 Å². The normalized spacial score (nSPS) is 22.6. The molecule has 3 amide bonds. The summed E-state index contributed by atoms with van der Waals surface area (Å²) in [5, 5.41) is 0. The Bertz CT molecular complexity index is 1190. The molecule has 0 radical (unpaired) electrons. The molecule has 1 fully saturated rings. The van der Waals surface area contributed by atoms with Crippen molar-refractivity contribution in [2.75, 3.05) is 11.9 Å². The van der Waals surface area contributed by atoms with Crippen LogP contribution in [0.25, 0.3) is 0 Å². The first-order valence-electron chi connectivity index (χ1n) is 10.8. The van der Waals surface area contributed by atoms with Crippen molar-refractivity contribution in [2.24, 2.45) is 4.99 Å². The molecular formula is C25H27N5O2. The van der Waals surface area contributed by atoms with Gasteiger partial charge in [0, 0.05) is 18.4 Å². The van der Waals surface area contributed by atoms with E-state index in [2.05, 4.69) is 36.9 Å². The molecule has 2 unspecified atom stereocenters. The molecule has 1 saturated heterocycles. The Labute approximate surface area is 188 Å². The summed E-state index contributed by atoms with van der Waals surface area (Å²) >= 11 is 0. The Balaban J connectivity index is 1.54. The summed E-state index contributed by atoms with van der Waals surface area (Å²) in [6.45, 7) is 8.47. The lowest BCUT2D eigenvalue weighted by Gasteiger charge is -2.40. The summed E-state index contributed by atoms with van der Waals surface area (Å²) in [6, 6.07) is 15.0. The zero-order chi connectivity index (χ0) is 22.7. The number of likely N-dealkylation sites (N-methyl/N-ethyl adjacent to an activating group) is 1. The molecule has 2 aromatic carbocycles. The summed E-state index contributed by atoms with van der Waals surface area (Å²) in [7, 11) is 1.73. The minimum Gasteiger partial charge on any atom is -0.302 e. The van der Waals surface area contributed by atoms with Crippen LogP contribution in [0.3, 0.4) is 0 Å². The molecule has 0 saturated carbocycles. The average Bonchev–Trinajstić information content (AvgIpc) is 3.27. The van der Waals surface area contributed by atoms with Gasteiger partial charge in [-0.1, -0.05) is 48.0 Å². The maximum Gasteiger partial charge on any atom is 0.328 e. The maximum atomic E-state index is 13.6. The largest absolute Gasteiger partial charge is 0.328 e. The lowest BCUT2D eigenvalue weighted by Crippen LogP contribution is -2.64. The highest BCUT2D eigenvalue weighted by Crippen LogP contribution is 2.41. The van der Waals surface area contributed by atoms with Crippen LogP contribution in [0.1, 0.15) is 30.5 Å². The Hall–Kier alpha value is -3.61. The fraction of sp³-hybridized carbons (Fsp3) is 0.320. The third kappa shape index (κ3) is 2.84. The number of fused-ring (bicyclic) bond motifs is 3. The first kappa shape index (κ1) is 20.3. The number of allylic oxidation sites excluding steroid dienone is 2. The quantitative estimate of drug-likeness (QED) is 0.744. The van der Waals surface area contributed by atoms with E-state index in [9.17, 15) is 9.59 Å². The molecule has 0 N–H and O–H groups in total. The van der Waals surface area contributed by atoms with Crippen molar-refractivity contribution in [3.63, 3.8) is 0 Å². The number of hydrogen-bond acceptors (Lipinski definition) is 5. The van der Waals surface area contributed by atoms with E-state index in [4.69, 9.17) is 4.99 Å². The minimum atomic E-state index is -0.567. The van der Waals surface area contributed by atoms with Crippen molar-refractivity contribution in [2.45, 2.75) is 46.4 Å². The standard InChI is InChI=1S/C25H27N5O2/c1-15-11-12-20(16(2)13-15)29-17(3)18(4)30-21-22(26-24(29)30)27(5)25(32)28(23(21)31)14-19-9-7-6-8-10-19/h6-13,21-22H,14H2,1-5H3. The van der Waals surface area contributed by atoms with E-state index in [0.717, 1.165) is 28.2 Å². The first-order chi connectivity index (χ1) is 15.3. The maximum absolute atomic E-state index is 13.6. The van der Waals surface area contributed by atoms with Gasteiger partial charge < -0.3 is 4.90 Å². The van der Waals surface area contributed by atoms with Crippen LogP contribution in [-0.4, -0.2) is 51.9 Å². The van der Waals surface area contributed by atoms with Gasteiger partial charge in [-0.05, 0) is 44.9 Å². The van der Waals surface area contributed by atoms with Gasteiger partial charge in [0.05, 0.1) is 12.2 Å². The third-order valence-electron chi connectivity index (χ3n) is 6.67. The van der Waals surface area contributed by atoms with E-state index in [1.165, 1.54) is 10.5 Å². The van der Waals surface area contributed by atoms with Crippen LogP contribution in [0, 0.1) is 13.8 Å². The predicted octanol–water partition coefficient (Wildman–Crippen LogP) is 3.84. The SMILES string of the molecule is CC1=C(C)N2C(=NC3C2C(=O)N(Cc2ccccc2)C(=O)N3C)N1c1ccc(C)cc1C. The number of benzene rings is 2. The van der Waals surface area contributed by atoms with Gasteiger partial charge in [-0.25, -0.2) is 9.79 Å². The van der Waals surface area contributed by atoms with Gasteiger partial charge in [-0.2, -0.15) is 0 Å². The molecule has 164 valence electrons. The second-order valence-corrected chi connectivity index (χ2v) is 8.76. The number of urea groups is 1. The van der Waals surface area contributed by atoms with E-state index in [0.29, 0.717) is 5.96 Å². The Morgan fingerprint density at radius 1 is 0.938 bits per heavy atom. The highest BCUT2D eigenvalue weighted by Gasteiger charge is 2.55. The van der Waals surface area contributed by atoms with E-state index in [1.807, 2.05) is 49.1 Å². The van der Waals surface area contributed by atoms with Gasteiger partial charge >= 0.3 is 6.03 Å². The van der Waals surface area contributed by atoms with Crippen LogP contribution in [0.5, 0.6) is 0 Å². The third-order valence-corrected chi connectivity index (χ3v) is 6.67. The van der Waals surface area contributed by atoms with Crippen molar-refractivity contribution < 1.29 is 9.59 Å². The van der Waals surface area contributed by atoms with Crippen molar-refractivity contribution in [3.8, 4) is 0 Å². The number of carbonyl (C=O) groups excluding carboxylic acids is 2. The van der Waals surface area contributed by atoms with Crippen molar-refractivity contribution in [1.29, 1.82) is 0 Å². The van der Waals surface area contributed by atoms with E-state index < -0.39 is 12.2 Å². The zero-order valence-electron chi connectivity index (χ0n) is 19.0. The highest BCUT2D eigenvalue weighted by molar-refractivity contribution is 6.10. The number of carbonyl (C=O) groups is 2. The highest BCUT2D eigenvalue weighted by atomic mass is 16.2. The number of guanidine groups is 1. The smallest absolute Gasteiger partial charge is 0.302 e. The lowest BCUT2D eigenvalue weighted by atomic mass is 10.1. The molecule has 3 heterocycles. The van der Waals surface area contributed by atoms with Gasteiger partial charge in [0.15, 0.2) is 12.2 Å². The Morgan fingerprint density at radius 3 is 2.34 bits per heavy atom. The van der Waals surface area contributed by atoms with Crippen LogP contribution in [0.4, 0.5) is 10.5 Å². The zero-order valence-corrected chi connectivity index (χ0v) is 19.0. The molecule has 0 spiro atoms. The summed E-state index contributed by atoms with van der Waals surface area (Å²) < 4.78 is 0. The number of nitrogens with zero attached hydrogens (tertiary/aromatic N) is 5. The van der Waals surface area contributed by atoms with Gasteiger partial charge in [0.25, 0.3) is 5.91 Å². The van der Waals surface area contributed by atoms with Gasteiger partial charge in [0.2, 0.25) is 5.96 Å². The number of hydrogen-bond donors (Lipinski definition) is 0. The number of aliphatic imine (C=N–C) groups is 1. The molecule has 3 aliphatic rings. The fourth-order valence-electron chi connectivity index (χ4n) is 4.87. The van der Waals surface area contributed by atoms with E-state index in [-0.39, 0.29) is 18.5 Å². The summed E-state index contributed by atoms with van der Waals surface area (Å²) in [5.41, 5.74) is 6.30. The van der Waals surface area contributed by atoms with Gasteiger partial charge in [-0.15, -0.1) is 0 Å². The monoisotopic (exact) mass is 429 g/mol. The second kappa shape index (κ2) is 7.22. The van der Waals surface area contributed by atoms with Crippen LogP contribution in [0.15, 0.2) is 64.9 Å². The molecule has 32 heavy (non-hydrogen) atoms. The number of aryl methyl sites for hydroxylation is 2. The van der Waals surface area contributed by atoms with Gasteiger partial charge in [-0.3, -0.25) is 19.5 Å². The molecule has 0 bridgehead atoms. The van der Waals surface area contributed by atoms with Crippen molar-refractivity contribution in [3.05, 3.63) is 76.6 Å². The molecule has 5 rings (SSSR count). The van der Waals surface area contributed by atoms with Crippen LogP contribution in [-0.2, 0) is 11.3 Å². The summed E-state index contributed by atoms with van der Waals surface area (Å²) in [4.78, 5) is 38.7. The summed E-state index contributed by atoms with van der Waals surface area (Å²) in [6.07, 6.45) is -0.548. The number of rotatable bonds is 3. The lowest BCUT2D eigenvalue weighted by molar-refractivity contribution is -0.137. The minimum absolute atomic E-state index is 0.213. The van der Waals surface area contributed by atoms with Crippen LogP contribution < -0.4 is 4.90 Å². The van der Waals surface area contributed by atoms with Gasteiger partial charge in [0.1, 0.15) is 0 Å². The molecule has 0 aromatic heterocycles. The predicted molar refractivity (Wildman–Crippen MR) is 124 cm³/mol. The molecule has 2 aromatic rings. The number of imide groups is 1. The number of amides is 3. The fourth-order valence-corrected chi connectivity index (χ4v) is 4.87. The van der Waals surface area contributed by atoms with Crippen LogP contribution >= 0.6 is 0 Å². The Morgan fingerprint density at radius 2 is 1.66 bits per heavy atom.